The summed E-state index contributed by atoms with van der Waals surface area (Å²) in [6, 6.07) is 6.67. The summed E-state index contributed by atoms with van der Waals surface area (Å²) in [6.45, 7) is 5.93. The van der Waals surface area contributed by atoms with Gasteiger partial charge >= 0.3 is 5.97 Å². The van der Waals surface area contributed by atoms with Gasteiger partial charge in [-0.1, -0.05) is 26.0 Å². The van der Waals surface area contributed by atoms with Crippen LogP contribution < -0.4 is 10.2 Å². The molecule has 0 atom stereocenters. The summed E-state index contributed by atoms with van der Waals surface area (Å²) in [6.07, 6.45) is 4.99. The standard InChI is InChI=1S/C19H24N4O3/c1-4-10-23(11-5-2)19-20-12-14(13-21-19)17(24)22-16-9-7-6-8-15(16)18(25)26-3/h6-9,12-13H,4-5,10-11H2,1-3H3,(H,22,24). The normalized spacial score (nSPS) is 10.3. The number of hydrogen-bond acceptors (Lipinski definition) is 6. The quantitative estimate of drug-likeness (QED) is 0.732. The van der Waals surface area contributed by atoms with E-state index in [-0.39, 0.29) is 11.5 Å². The number of ether oxygens (including phenoxy) is 1. The molecule has 1 N–H and O–H groups in total. The third kappa shape index (κ3) is 4.78. The van der Waals surface area contributed by atoms with E-state index in [2.05, 4.69) is 34.0 Å². The van der Waals surface area contributed by atoms with Crippen LogP contribution in [0.25, 0.3) is 0 Å². The maximum atomic E-state index is 12.5. The molecule has 0 fully saturated rings. The molecule has 0 unspecified atom stereocenters. The molecule has 2 aromatic rings. The van der Waals surface area contributed by atoms with E-state index in [0.29, 0.717) is 17.2 Å². The molecule has 0 aliphatic heterocycles. The highest BCUT2D eigenvalue weighted by molar-refractivity contribution is 6.07. The van der Waals surface area contributed by atoms with Crippen LogP contribution in [0.1, 0.15) is 47.4 Å². The van der Waals surface area contributed by atoms with Crippen molar-refractivity contribution in [3.8, 4) is 0 Å². The van der Waals surface area contributed by atoms with Crippen molar-refractivity contribution < 1.29 is 14.3 Å². The minimum absolute atomic E-state index is 0.290. The van der Waals surface area contributed by atoms with Crippen molar-refractivity contribution >= 4 is 23.5 Å². The number of nitrogens with zero attached hydrogens (tertiary/aromatic N) is 3. The Morgan fingerprint density at radius 2 is 1.69 bits per heavy atom. The number of aromatic nitrogens is 2. The largest absolute Gasteiger partial charge is 0.465 e. The summed E-state index contributed by atoms with van der Waals surface area (Å²) < 4.78 is 4.73. The predicted molar refractivity (Wildman–Crippen MR) is 101 cm³/mol. The molecule has 1 heterocycles. The van der Waals surface area contributed by atoms with Gasteiger partial charge in [0.1, 0.15) is 0 Å². The zero-order valence-electron chi connectivity index (χ0n) is 15.4. The molecule has 0 bridgehead atoms. The van der Waals surface area contributed by atoms with E-state index in [4.69, 9.17) is 4.74 Å². The molecule has 1 amide bonds. The first-order valence-corrected chi connectivity index (χ1v) is 8.66. The number of methoxy groups -OCH3 is 1. The maximum Gasteiger partial charge on any atom is 0.339 e. The lowest BCUT2D eigenvalue weighted by atomic mass is 10.1. The smallest absolute Gasteiger partial charge is 0.339 e. The predicted octanol–water partition coefficient (Wildman–Crippen LogP) is 3.14. The summed E-state index contributed by atoms with van der Waals surface area (Å²) in [5, 5.41) is 2.71. The number of rotatable bonds is 8. The van der Waals surface area contributed by atoms with Crippen molar-refractivity contribution in [2.75, 3.05) is 30.4 Å². The number of para-hydroxylation sites is 1. The van der Waals surface area contributed by atoms with E-state index in [1.807, 2.05) is 0 Å². The van der Waals surface area contributed by atoms with Gasteiger partial charge in [-0.25, -0.2) is 14.8 Å². The van der Waals surface area contributed by atoms with Crippen LogP contribution in [0.15, 0.2) is 36.7 Å². The molecule has 1 aromatic heterocycles. The average Bonchev–Trinajstić information content (AvgIpc) is 2.67. The number of benzene rings is 1. The number of carbonyl (C=O) groups excluding carboxylic acids is 2. The van der Waals surface area contributed by atoms with Crippen molar-refractivity contribution in [2.45, 2.75) is 26.7 Å². The highest BCUT2D eigenvalue weighted by Crippen LogP contribution is 2.17. The SMILES string of the molecule is CCCN(CCC)c1ncc(C(=O)Nc2ccccc2C(=O)OC)cn1. The highest BCUT2D eigenvalue weighted by Gasteiger charge is 2.15. The van der Waals surface area contributed by atoms with E-state index < -0.39 is 5.97 Å². The molecule has 26 heavy (non-hydrogen) atoms. The Balaban J connectivity index is 2.15. The second-order valence-corrected chi connectivity index (χ2v) is 5.75. The van der Waals surface area contributed by atoms with Gasteiger partial charge in [0.15, 0.2) is 0 Å². The van der Waals surface area contributed by atoms with Gasteiger partial charge in [-0.3, -0.25) is 4.79 Å². The first-order chi connectivity index (χ1) is 12.6. The monoisotopic (exact) mass is 356 g/mol. The van der Waals surface area contributed by atoms with Gasteiger partial charge in [0.2, 0.25) is 5.95 Å². The fraction of sp³-hybridized carbons (Fsp3) is 0.368. The second kappa shape index (κ2) is 9.50. The van der Waals surface area contributed by atoms with E-state index in [9.17, 15) is 9.59 Å². The molecule has 0 saturated carbocycles. The molecular formula is C19H24N4O3. The number of hydrogen-bond donors (Lipinski definition) is 1. The Morgan fingerprint density at radius 3 is 2.27 bits per heavy atom. The number of carbonyl (C=O) groups is 2. The van der Waals surface area contributed by atoms with Crippen LogP contribution >= 0.6 is 0 Å². The van der Waals surface area contributed by atoms with E-state index >= 15 is 0 Å². The molecule has 7 heteroatoms. The summed E-state index contributed by atoms with van der Waals surface area (Å²) in [7, 11) is 1.30. The Kier molecular flexibility index (Phi) is 7.08. The van der Waals surface area contributed by atoms with Gasteiger partial charge in [-0.15, -0.1) is 0 Å². The molecule has 0 aliphatic carbocycles. The van der Waals surface area contributed by atoms with Crippen LogP contribution in [-0.2, 0) is 4.74 Å². The van der Waals surface area contributed by atoms with Crippen molar-refractivity contribution in [2.24, 2.45) is 0 Å². The Labute approximate surface area is 153 Å². The van der Waals surface area contributed by atoms with Crippen LogP contribution in [-0.4, -0.2) is 42.0 Å². The van der Waals surface area contributed by atoms with Gasteiger partial charge in [0.25, 0.3) is 5.91 Å². The van der Waals surface area contributed by atoms with Crippen LogP contribution in [0.2, 0.25) is 0 Å². The van der Waals surface area contributed by atoms with Gasteiger partial charge in [0.05, 0.1) is 23.9 Å². The molecule has 0 radical (unpaired) electrons. The molecule has 7 nitrogen and oxygen atoms in total. The van der Waals surface area contributed by atoms with Crippen molar-refractivity contribution in [3.05, 3.63) is 47.8 Å². The van der Waals surface area contributed by atoms with E-state index in [1.54, 1.807) is 24.3 Å². The molecular weight excluding hydrogens is 332 g/mol. The second-order valence-electron chi connectivity index (χ2n) is 5.75. The molecule has 1 aromatic carbocycles. The molecule has 0 aliphatic rings. The van der Waals surface area contributed by atoms with Crippen molar-refractivity contribution in [1.82, 2.24) is 9.97 Å². The van der Waals surface area contributed by atoms with Crippen LogP contribution in [0.5, 0.6) is 0 Å². The summed E-state index contributed by atoms with van der Waals surface area (Å²) >= 11 is 0. The Bertz CT molecular complexity index is 741. The minimum atomic E-state index is -0.512. The van der Waals surface area contributed by atoms with Crippen LogP contribution in [0, 0.1) is 0 Å². The lowest BCUT2D eigenvalue weighted by Gasteiger charge is -2.21. The summed E-state index contributed by atoms with van der Waals surface area (Å²) in [5.41, 5.74) is 0.992. The number of anilines is 2. The third-order valence-corrected chi connectivity index (χ3v) is 3.75. The molecule has 138 valence electrons. The minimum Gasteiger partial charge on any atom is -0.465 e. The van der Waals surface area contributed by atoms with Gasteiger partial charge in [-0.05, 0) is 25.0 Å². The highest BCUT2D eigenvalue weighted by atomic mass is 16.5. The van der Waals surface area contributed by atoms with Crippen LogP contribution in [0.3, 0.4) is 0 Å². The van der Waals surface area contributed by atoms with E-state index in [0.717, 1.165) is 25.9 Å². The zero-order chi connectivity index (χ0) is 18.9. The number of amides is 1. The first kappa shape index (κ1) is 19.4. The number of nitrogens with one attached hydrogen (secondary N) is 1. The third-order valence-electron chi connectivity index (χ3n) is 3.75. The van der Waals surface area contributed by atoms with Gasteiger partial charge < -0.3 is 15.0 Å². The Hall–Kier alpha value is -2.96. The Morgan fingerprint density at radius 1 is 1.08 bits per heavy atom. The fourth-order valence-corrected chi connectivity index (χ4v) is 2.53. The lowest BCUT2D eigenvalue weighted by Crippen LogP contribution is -2.27. The fourth-order valence-electron chi connectivity index (χ4n) is 2.53. The number of esters is 1. The summed E-state index contributed by atoms with van der Waals surface area (Å²) in [5.74, 6) is -0.284. The topological polar surface area (TPSA) is 84.4 Å². The zero-order valence-corrected chi connectivity index (χ0v) is 15.4. The average molecular weight is 356 g/mol. The summed E-state index contributed by atoms with van der Waals surface area (Å²) in [4.78, 5) is 35.0. The molecule has 0 saturated heterocycles. The van der Waals surface area contributed by atoms with Crippen LogP contribution in [0.4, 0.5) is 11.6 Å². The first-order valence-electron chi connectivity index (χ1n) is 8.66. The lowest BCUT2D eigenvalue weighted by molar-refractivity contribution is 0.0602. The molecule has 2 rings (SSSR count). The maximum absolute atomic E-state index is 12.5. The van der Waals surface area contributed by atoms with Gasteiger partial charge in [-0.2, -0.15) is 0 Å². The molecule has 0 spiro atoms. The van der Waals surface area contributed by atoms with Gasteiger partial charge in [0, 0.05) is 25.5 Å². The van der Waals surface area contributed by atoms with Crippen molar-refractivity contribution in [3.63, 3.8) is 0 Å². The van der Waals surface area contributed by atoms with Crippen molar-refractivity contribution in [1.29, 1.82) is 0 Å². The van der Waals surface area contributed by atoms with E-state index in [1.165, 1.54) is 19.5 Å².